The van der Waals surface area contributed by atoms with Crippen molar-refractivity contribution < 1.29 is 43.9 Å². The third-order valence-corrected chi connectivity index (χ3v) is 11.9. The molecule has 4 heterocycles. The summed E-state index contributed by atoms with van der Waals surface area (Å²) in [6, 6.07) is 8.06. The summed E-state index contributed by atoms with van der Waals surface area (Å²) >= 11 is 1.26. The summed E-state index contributed by atoms with van der Waals surface area (Å²) in [5.41, 5.74) is -1.73. The van der Waals surface area contributed by atoms with Gasteiger partial charge in [0.25, 0.3) is 5.92 Å². The number of pyridine rings is 1. The molecule has 3 atom stereocenters. The minimum atomic E-state index is -5.10. The van der Waals surface area contributed by atoms with E-state index in [9.17, 15) is 35.2 Å². The second-order valence-corrected chi connectivity index (χ2v) is 17.9. The number of likely N-dealkylation sites (N-methyl/N-ethyl adjacent to an activating group) is 1. The first-order valence-corrected chi connectivity index (χ1v) is 21.2. The van der Waals surface area contributed by atoms with E-state index >= 15 is 8.78 Å². The standard InChI is InChI=1S/C38H39F7N10O3S2/c1-18-19(2)37(41,42)33-29(18)32(38(43,44)45)50-55(33)17-28(56)47-26(14-20-12-21(39)15-22(40)13-20)30-25(16-27-35(48-30)49-36(59-27)46-10-11-53(3)4)23-8-7-9-24-31(23)54(5)51-34(24)52-60(6,57)58/h7-9,12-13,15-16,18-19,26H,10-11,14,17H2,1-6H3,(H,47,56)(H,51,52)(H,46,48,49)/t18-,19+,26-/m0/s1. The summed E-state index contributed by atoms with van der Waals surface area (Å²) in [6.07, 6.45) is -4.48. The predicted molar refractivity (Wildman–Crippen MR) is 212 cm³/mol. The van der Waals surface area contributed by atoms with Crippen molar-refractivity contribution in [3.05, 3.63) is 82.3 Å². The Morgan fingerprint density at radius 2 is 1.73 bits per heavy atom. The van der Waals surface area contributed by atoms with Gasteiger partial charge >= 0.3 is 6.18 Å². The number of amides is 1. The van der Waals surface area contributed by atoms with Crippen LogP contribution in [0.15, 0.2) is 42.5 Å². The average molecular weight is 881 g/mol. The molecule has 3 N–H and O–H groups in total. The van der Waals surface area contributed by atoms with E-state index in [-0.39, 0.29) is 29.1 Å². The molecule has 4 aromatic heterocycles. The number of nitrogens with zero attached hydrogens (tertiary/aromatic N) is 7. The molecule has 60 heavy (non-hydrogen) atoms. The summed E-state index contributed by atoms with van der Waals surface area (Å²) in [5.74, 6) is -9.44. The average Bonchev–Trinajstić information content (AvgIpc) is 3.85. The molecule has 0 unspecified atom stereocenters. The Kier molecular flexibility index (Phi) is 11.1. The molecule has 7 rings (SSSR count). The predicted octanol–water partition coefficient (Wildman–Crippen LogP) is 7.03. The van der Waals surface area contributed by atoms with Crippen molar-refractivity contribution in [1.82, 2.24) is 39.7 Å². The van der Waals surface area contributed by atoms with Gasteiger partial charge in [0.05, 0.1) is 28.2 Å². The Morgan fingerprint density at radius 1 is 1.03 bits per heavy atom. The maximum Gasteiger partial charge on any atom is 0.435 e. The van der Waals surface area contributed by atoms with Crippen LogP contribution in [-0.2, 0) is 46.9 Å². The number of hydrogen-bond acceptors (Lipinski definition) is 10. The molecule has 0 saturated heterocycles. The van der Waals surface area contributed by atoms with Crippen molar-refractivity contribution >= 4 is 59.5 Å². The molecule has 0 bridgehead atoms. The van der Waals surface area contributed by atoms with Gasteiger partial charge in [0.1, 0.15) is 23.9 Å². The Bertz CT molecular complexity index is 2730. The molecule has 6 aromatic rings. The molecule has 0 radical (unpaired) electrons. The summed E-state index contributed by atoms with van der Waals surface area (Å²) in [7, 11) is 1.60. The molecule has 0 aliphatic heterocycles. The van der Waals surface area contributed by atoms with Crippen molar-refractivity contribution in [1.29, 1.82) is 0 Å². The Balaban J connectivity index is 1.40. The SMILES string of the molecule is C[C@@H]1c2c(C(F)(F)F)nn(CC(=O)N[C@@H](Cc3cc(F)cc(F)c3)c3nc4nc(NCCN(C)C)sc4cc3-c3cccc4c(NS(C)(=O)=O)nn(C)c34)c2C(F)(F)[C@@H]1C. The molecule has 1 aliphatic carbocycles. The lowest BCUT2D eigenvalue weighted by molar-refractivity contribution is -0.143. The van der Waals surface area contributed by atoms with Gasteiger partial charge in [-0.15, -0.1) is 0 Å². The first-order chi connectivity index (χ1) is 28.0. The van der Waals surface area contributed by atoms with Crippen molar-refractivity contribution in [2.45, 2.75) is 50.9 Å². The number of rotatable bonds is 13. The van der Waals surface area contributed by atoms with Crippen LogP contribution in [0.2, 0.25) is 0 Å². The molecule has 2 aromatic carbocycles. The van der Waals surface area contributed by atoms with E-state index < -0.39 is 81.0 Å². The highest BCUT2D eigenvalue weighted by molar-refractivity contribution is 7.92. The summed E-state index contributed by atoms with van der Waals surface area (Å²) in [5, 5.41) is 14.7. The van der Waals surface area contributed by atoms with Crippen LogP contribution in [0, 0.1) is 17.6 Å². The topological polar surface area (TPSA) is 152 Å². The third kappa shape index (κ3) is 8.36. The largest absolute Gasteiger partial charge is 0.435 e. The van der Waals surface area contributed by atoms with E-state index in [0.717, 1.165) is 25.3 Å². The fourth-order valence-corrected chi connectivity index (χ4v) is 8.92. The molecular weight excluding hydrogens is 842 g/mol. The van der Waals surface area contributed by atoms with Gasteiger partial charge < -0.3 is 15.5 Å². The number of aryl methyl sites for hydroxylation is 1. The van der Waals surface area contributed by atoms with Gasteiger partial charge in [-0.2, -0.15) is 32.1 Å². The fraction of sp³-hybridized carbons (Fsp3) is 0.395. The second kappa shape index (κ2) is 15.6. The second-order valence-electron chi connectivity index (χ2n) is 15.1. The normalized spacial score (nSPS) is 17.1. The molecule has 1 aliphatic rings. The number of carbonyl (C=O) groups excluding carboxylic acids is 1. The third-order valence-electron chi connectivity index (χ3n) is 10.4. The number of thiazole rings is 1. The highest BCUT2D eigenvalue weighted by Crippen LogP contribution is 2.55. The summed E-state index contributed by atoms with van der Waals surface area (Å²) in [4.78, 5) is 25.5. The van der Waals surface area contributed by atoms with E-state index in [2.05, 4.69) is 30.5 Å². The number of para-hydroxylation sites is 1. The van der Waals surface area contributed by atoms with Crippen LogP contribution in [0.5, 0.6) is 0 Å². The Morgan fingerprint density at radius 3 is 2.38 bits per heavy atom. The van der Waals surface area contributed by atoms with Gasteiger partial charge in [-0.3, -0.25) is 18.9 Å². The molecule has 0 saturated carbocycles. The van der Waals surface area contributed by atoms with E-state index in [1.807, 2.05) is 19.0 Å². The van der Waals surface area contributed by atoms with Crippen LogP contribution in [0.1, 0.15) is 54.0 Å². The quantitative estimate of drug-likeness (QED) is 0.104. The fourth-order valence-electron chi connectivity index (χ4n) is 7.54. The zero-order valence-electron chi connectivity index (χ0n) is 32.9. The van der Waals surface area contributed by atoms with Gasteiger partial charge in [0.2, 0.25) is 15.9 Å². The van der Waals surface area contributed by atoms with Crippen LogP contribution in [0.4, 0.5) is 41.7 Å². The van der Waals surface area contributed by atoms with Gasteiger partial charge in [-0.05, 0) is 56.3 Å². The number of fused-ring (bicyclic) bond motifs is 3. The highest BCUT2D eigenvalue weighted by Gasteiger charge is 2.57. The van der Waals surface area contributed by atoms with Crippen molar-refractivity contribution in [3.63, 3.8) is 0 Å². The number of hydrogen-bond donors (Lipinski definition) is 3. The van der Waals surface area contributed by atoms with E-state index in [1.165, 1.54) is 22.9 Å². The molecule has 22 heteroatoms. The minimum absolute atomic E-state index is 0.0168. The first kappa shape index (κ1) is 42.8. The molecule has 1 amide bonds. The minimum Gasteiger partial charge on any atom is -0.360 e. The summed E-state index contributed by atoms with van der Waals surface area (Å²) in [6.45, 7) is 2.47. The van der Waals surface area contributed by atoms with Crippen LogP contribution < -0.4 is 15.4 Å². The molecule has 13 nitrogen and oxygen atoms in total. The van der Waals surface area contributed by atoms with Crippen LogP contribution >= 0.6 is 11.3 Å². The Labute approximate surface area is 343 Å². The van der Waals surface area contributed by atoms with E-state index in [4.69, 9.17) is 4.98 Å². The lowest BCUT2D eigenvalue weighted by atomic mass is 9.94. The maximum absolute atomic E-state index is 15.6. The number of benzene rings is 2. The van der Waals surface area contributed by atoms with Crippen molar-refractivity contribution in [3.8, 4) is 11.1 Å². The summed E-state index contributed by atoms with van der Waals surface area (Å²) < 4.78 is 132. The number of alkyl halides is 5. The zero-order chi connectivity index (χ0) is 43.6. The molecule has 320 valence electrons. The number of sulfonamides is 1. The zero-order valence-corrected chi connectivity index (χ0v) is 34.6. The molecule has 0 fully saturated rings. The number of nitrogens with one attached hydrogen (secondary N) is 3. The monoisotopic (exact) mass is 880 g/mol. The number of halogens is 7. The van der Waals surface area contributed by atoms with Crippen LogP contribution in [0.3, 0.4) is 0 Å². The lowest BCUT2D eigenvalue weighted by Gasteiger charge is -2.23. The van der Waals surface area contributed by atoms with Gasteiger partial charge in [-0.25, -0.2) is 27.2 Å². The van der Waals surface area contributed by atoms with Crippen molar-refractivity contribution in [2.75, 3.05) is 43.5 Å². The van der Waals surface area contributed by atoms with Crippen LogP contribution in [-0.4, -0.2) is 82.2 Å². The number of carbonyl (C=O) groups is 1. The number of aromatic nitrogens is 6. The Hall–Kier alpha value is -5.35. The first-order valence-electron chi connectivity index (χ1n) is 18.5. The van der Waals surface area contributed by atoms with Gasteiger partial charge in [0.15, 0.2) is 22.3 Å². The van der Waals surface area contributed by atoms with Crippen molar-refractivity contribution in [2.24, 2.45) is 13.0 Å². The van der Waals surface area contributed by atoms with Gasteiger partial charge in [0, 0.05) is 54.2 Å². The highest BCUT2D eigenvalue weighted by atomic mass is 32.2. The smallest absolute Gasteiger partial charge is 0.360 e. The molecule has 0 spiro atoms. The van der Waals surface area contributed by atoms with Crippen LogP contribution in [0.25, 0.3) is 32.4 Å². The van der Waals surface area contributed by atoms with Gasteiger partial charge in [-0.1, -0.05) is 37.3 Å². The van der Waals surface area contributed by atoms with E-state index in [1.54, 1.807) is 31.3 Å². The lowest BCUT2D eigenvalue weighted by Crippen LogP contribution is -2.35. The maximum atomic E-state index is 15.6. The molecular formula is C38H39F7N10O3S2. The number of anilines is 2. The van der Waals surface area contributed by atoms with E-state index in [0.29, 0.717) is 55.7 Å².